The number of carboxylic acids is 1. The molecule has 0 saturated carbocycles. The highest BCUT2D eigenvalue weighted by Gasteiger charge is 2.40. The third-order valence-electron chi connectivity index (χ3n) is 5.63. The van der Waals surface area contributed by atoms with E-state index in [1.807, 2.05) is 6.92 Å². The summed E-state index contributed by atoms with van der Waals surface area (Å²) in [6.45, 7) is 2.06. The Labute approximate surface area is 204 Å². The molecule has 1 heterocycles. The Morgan fingerprint density at radius 2 is 1.79 bits per heavy atom. The molecule has 0 aliphatic carbocycles. The molecule has 2 aromatic carbocycles. The van der Waals surface area contributed by atoms with Crippen molar-refractivity contribution in [3.8, 4) is 0 Å². The topological polar surface area (TPSA) is 128 Å². The number of carbonyl (C=O) groups excluding carboxylic acids is 1. The summed E-state index contributed by atoms with van der Waals surface area (Å²) >= 11 is 5.05. The fourth-order valence-electron chi connectivity index (χ4n) is 3.76. The summed E-state index contributed by atoms with van der Waals surface area (Å²) in [5, 5.41) is 18.4. The van der Waals surface area contributed by atoms with Crippen LogP contribution < -0.4 is 16.0 Å². The van der Waals surface area contributed by atoms with E-state index in [0.29, 0.717) is 23.5 Å². The standard InChI is InChI=1S/C23H28N4O5S2/c1-15-5-11-18(12-6-15)34(31,32)27-13-3-4-20(27)21(28)26-19(22(29)30)14-16-7-9-17(10-8-16)25-23(33)24-2/h5-12,19-20H,3-4,13-14H2,1-2H3,(H,26,28)(H,29,30)(H2,24,25,33)/t19-,20-/m0/s1. The second-order valence-electron chi connectivity index (χ2n) is 8.09. The fraction of sp³-hybridized carbons (Fsp3) is 0.348. The maximum absolute atomic E-state index is 13.1. The summed E-state index contributed by atoms with van der Waals surface area (Å²) in [5.74, 6) is -1.81. The van der Waals surface area contributed by atoms with E-state index in [0.717, 1.165) is 15.6 Å². The number of thiocarbonyl (C=S) groups is 1. The largest absolute Gasteiger partial charge is 0.480 e. The number of nitrogens with zero attached hydrogens (tertiary/aromatic N) is 1. The summed E-state index contributed by atoms with van der Waals surface area (Å²) < 4.78 is 27.4. The van der Waals surface area contributed by atoms with Crippen molar-refractivity contribution >= 4 is 44.9 Å². The van der Waals surface area contributed by atoms with E-state index in [1.165, 1.54) is 12.1 Å². The monoisotopic (exact) mass is 504 g/mol. The lowest BCUT2D eigenvalue weighted by Crippen LogP contribution is -2.51. The second kappa shape index (κ2) is 10.9. The zero-order valence-electron chi connectivity index (χ0n) is 18.9. The summed E-state index contributed by atoms with van der Waals surface area (Å²) in [6.07, 6.45) is 0.897. The van der Waals surface area contributed by atoms with Crippen molar-refractivity contribution in [2.45, 2.75) is 43.2 Å². The van der Waals surface area contributed by atoms with Gasteiger partial charge in [-0.25, -0.2) is 13.2 Å². The van der Waals surface area contributed by atoms with Crippen LogP contribution in [0.5, 0.6) is 0 Å². The van der Waals surface area contributed by atoms with Gasteiger partial charge in [0.2, 0.25) is 15.9 Å². The lowest BCUT2D eigenvalue weighted by Gasteiger charge is -2.25. The van der Waals surface area contributed by atoms with Gasteiger partial charge in [-0.3, -0.25) is 4.79 Å². The van der Waals surface area contributed by atoms with Crippen molar-refractivity contribution in [1.82, 2.24) is 14.9 Å². The van der Waals surface area contributed by atoms with Crippen molar-refractivity contribution in [3.63, 3.8) is 0 Å². The molecule has 1 fully saturated rings. The Morgan fingerprint density at radius 3 is 2.38 bits per heavy atom. The third-order valence-corrected chi connectivity index (χ3v) is 7.86. The van der Waals surface area contributed by atoms with Crippen LogP contribution in [-0.2, 0) is 26.0 Å². The summed E-state index contributed by atoms with van der Waals surface area (Å²) in [7, 11) is -2.18. The van der Waals surface area contributed by atoms with E-state index in [9.17, 15) is 23.1 Å². The second-order valence-corrected chi connectivity index (χ2v) is 10.4. The molecule has 1 aliphatic heterocycles. The molecule has 3 rings (SSSR count). The molecule has 9 nitrogen and oxygen atoms in total. The Kier molecular flexibility index (Phi) is 8.24. The number of hydrogen-bond acceptors (Lipinski definition) is 5. The molecular weight excluding hydrogens is 476 g/mol. The predicted molar refractivity (Wildman–Crippen MR) is 133 cm³/mol. The maximum atomic E-state index is 13.1. The highest BCUT2D eigenvalue weighted by molar-refractivity contribution is 7.89. The van der Waals surface area contributed by atoms with E-state index >= 15 is 0 Å². The van der Waals surface area contributed by atoms with Crippen molar-refractivity contribution in [2.75, 3.05) is 18.9 Å². The molecular formula is C23H28N4O5S2. The van der Waals surface area contributed by atoms with Crippen LogP contribution in [0.2, 0.25) is 0 Å². The van der Waals surface area contributed by atoms with Gasteiger partial charge in [0.15, 0.2) is 5.11 Å². The average Bonchev–Trinajstić information content (AvgIpc) is 3.31. The highest BCUT2D eigenvalue weighted by atomic mass is 32.2. The van der Waals surface area contributed by atoms with Crippen LogP contribution in [0.15, 0.2) is 53.4 Å². The summed E-state index contributed by atoms with van der Waals surface area (Å²) in [6, 6.07) is 11.3. The SMILES string of the molecule is CNC(=S)Nc1ccc(C[C@H](NC(=O)[C@@H]2CCCN2S(=O)(=O)c2ccc(C)cc2)C(=O)O)cc1. The number of nitrogens with one attached hydrogen (secondary N) is 3. The first-order valence-corrected chi connectivity index (χ1v) is 12.7. The Balaban J connectivity index is 1.70. The molecule has 1 aliphatic rings. The van der Waals surface area contributed by atoms with Crippen molar-refractivity contribution in [2.24, 2.45) is 0 Å². The van der Waals surface area contributed by atoms with E-state index < -0.39 is 34.0 Å². The Morgan fingerprint density at radius 1 is 1.15 bits per heavy atom. The number of carboxylic acid groups (broad SMARTS) is 1. The van der Waals surface area contributed by atoms with Gasteiger partial charge >= 0.3 is 5.97 Å². The molecule has 1 amide bonds. The molecule has 0 spiro atoms. The van der Waals surface area contributed by atoms with E-state index in [2.05, 4.69) is 16.0 Å². The van der Waals surface area contributed by atoms with Gasteiger partial charge in [-0.2, -0.15) is 4.31 Å². The number of anilines is 1. The van der Waals surface area contributed by atoms with Gasteiger partial charge in [0.25, 0.3) is 0 Å². The van der Waals surface area contributed by atoms with E-state index in [1.54, 1.807) is 43.4 Å². The minimum Gasteiger partial charge on any atom is -0.480 e. The van der Waals surface area contributed by atoms with Crippen LogP contribution in [0.4, 0.5) is 5.69 Å². The minimum atomic E-state index is -3.88. The lowest BCUT2D eigenvalue weighted by atomic mass is 10.0. The number of amides is 1. The normalized spacial score (nSPS) is 17.1. The van der Waals surface area contributed by atoms with Gasteiger partial charge in [0, 0.05) is 25.7 Å². The van der Waals surface area contributed by atoms with Gasteiger partial charge in [0.1, 0.15) is 12.1 Å². The van der Waals surface area contributed by atoms with Gasteiger partial charge in [0.05, 0.1) is 4.90 Å². The first-order valence-electron chi connectivity index (χ1n) is 10.8. The minimum absolute atomic E-state index is 0.0509. The third kappa shape index (κ3) is 6.10. The first kappa shape index (κ1) is 25.6. The quantitative estimate of drug-likeness (QED) is 0.401. The van der Waals surface area contributed by atoms with E-state index in [-0.39, 0.29) is 17.9 Å². The number of hydrogen-bond donors (Lipinski definition) is 4. The van der Waals surface area contributed by atoms with Crippen LogP contribution >= 0.6 is 12.2 Å². The van der Waals surface area contributed by atoms with Gasteiger partial charge in [-0.1, -0.05) is 29.8 Å². The molecule has 4 N–H and O–H groups in total. The number of rotatable bonds is 8. The highest BCUT2D eigenvalue weighted by Crippen LogP contribution is 2.26. The number of aryl methyl sites for hydroxylation is 1. The fourth-order valence-corrected chi connectivity index (χ4v) is 5.53. The van der Waals surface area contributed by atoms with Crippen LogP contribution in [0.25, 0.3) is 0 Å². The van der Waals surface area contributed by atoms with Crippen LogP contribution in [0.3, 0.4) is 0 Å². The molecule has 2 atom stereocenters. The number of carbonyl (C=O) groups is 2. The Hall–Kier alpha value is -3.02. The molecule has 0 bridgehead atoms. The predicted octanol–water partition coefficient (Wildman–Crippen LogP) is 1.88. The molecule has 2 aromatic rings. The first-order chi connectivity index (χ1) is 16.1. The molecule has 34 heavy (non-hydrogen) atoms. The van der Waals surface area contributed by atoms with E-state index in [4.69, 9.17) is 12.2 Å². The summed E-state index contributed by atoms with van der Waals surface area (Å²) in [4.78, 5) is 25.0. The molecule has 0 radical (unpaired) electrons. The summed E-state index contributed by atoms with van der Waals surface area (Å²) in [5.41, 5.74) is 2.36. The lowest BCUT2D eigenvalue weighted by molar-refractivity contribution is -0.142. The zero-order valence-corrected chi connectivity index (χ0v) is 20.6. The van der Waals surface area contributed by atoms with Crippen LogP contribution in [0, 0.1) is 6.92 Å². The van der Waals surface area contributed by atoms with Crippen molar-refractivity contribution < 1.29 is 23.1 Å². The zero-order chi connectivity index (χ0) is 24.9. The Bertz CT molecular complexity index is 1150. The van der Waals surface area contributed by atoms with Gasteiger partial charge < -0.3 is 21.1 Å². The molecule has 182 valence electrons. The van der Waals surface area contributed by atoms with Crippen LogP contribution in [-0.4, -0.2) is 60.5 Å². The van der Waals surface area contributed by atoms with Crippen molar-refractivity contribution in [3.05, 3.63) is 59.7 Å². The van der Waals surface area contributed by atoms with Gasteiger partial charge in [-0.05, 0) is 61.8 Å². The number of aliphatic carboxylic acids is 1. The molecule has 0 unspecified atom stereocenters. The molecule has 1 saturated heterocycles. The maximum Gasteiger partial charge on any atom is 0.326 e. The van der Waals surface area contributed by atoms with Crippen molar-refractivity contribution in [1.29, 1.82) is 0 Å². The number of sulfonamides is 1. The van der Waals surface area contributed by atoms with Gasteiger partial charge in [-0.15, -0.1) is 0 Å². The average molecular weight is 505 g/mol. The molecule has 0 aromatic heterocycles. The smallest absolute Gasteiger partial charge is 0.326 e. The number of benzene rings is 2. The molecule has 11 heteroatoms. The van der Waals surface area contributed by atoms with Crippen LogP contribution in [0.1, 0.15) is 24.0 Å².